The molecule has 0 saturated heterocycles. The Kier molecular flexibility index (Phi) is 9.59. The van der Waals surface area contributed by atoms with Gasteiger partial charge in [-0.3, -0.25) is 0 Å². The third kappa shape index (κ3) is 7.00. The molecule has 0 heterocycles. The van der Waals surface area contributed by atoms with Crippen LogP contribution in [0.25, 0.3) is 5.57 Å². The lowest BCUT2D eigenvalue weighted by atomic mass is 9.94. The van der Waals surface area contributed by atoms with Crippen LogP contribution < -0.4 is 5.32 Å². The normalized spacial score (nSPS) is 20.4. The Bertz CT molecular complexity index is 959. The highest BCUT2D eigenvalue weighted by atomic mass is 19.4. The van der Waals surface area contributed by atoms with Gasteiger partial charge in [0.05, 0.1) is 19.6 Å². The second kappa shape index (κ2) is 11.8. The van der Waals surface area contributed by atoms with Gasteiger partial charge in [0.1, 0.15) is 0 Å². The smallest absolute Gasteiger partial charge is 0.393 e. The van der Waals surface area contributed by atoms with Crippen LogP contribution in [0.3, 0.4) is 0 Å². The van der Waals surface area contributed by atoms with Gasteiger partial charge in [-0.05, 0) is 49.1 Å². The summed E-state index contributed by atoms with van der Waals surface area (Å²) in [5.41, 5.74) is 5.50. The van der Waals surface area contributed by atoms with Gasteiger partial charge in [0.25, 0.3) is 0 Å². The van der Waals surface area contributed by atoms with Crippen LogP contribution in [0.15, 0.2) is 60.0 Å². The molecule has 0 fully saturated rings. The molecule has 0 aliphatic heterocycles. The highest BCUT2D eigenvalue weighted by Gasteiger charge is 2.35. The van der Waals surface area contributed by atoms with E-state index in [9.17, 15) is 18.3 Å². The monoisotopic (exact) mass is 478 g/mol. The molecule has 3 atom stereocenters. The van der Waals surface area contributed by atoms with Crippen LogP contribution in [0, 0.1) is 11.8 Å². The van der Waals surface area contributed by atoms with Crippen LogP contribution in [0.1, 0.15) is 38.8 Å². The van der Waals surface area contributed by atoms with Crippen molar-refractivity contribution in [2.75, 3.05) is 32.7 Å². The van der Waals surface area contributed by atoms with E-state index in [2.05, 4.69) is 24.9 Å². The summed E-state index contributed by atoms with van der Waals surface area (Å²) in [4.78, 5) is 2.02. The zero-order valence-corrected chi connectivity index (χ0v) is 21.0. The molecular formula is C27H37F3N2O2. The maximum atomic E-state index is 13.0. The van der Waals surface area contributed by atoms with Crippen LogP contribution in [0.2, 0.25) is 0 Å². The lowest BCUT2D eigenvalue weighted by molar-refractivity contribution is -0.127. The first-order valence-corrected chi connectivity index (χ1v) is 11.4. The fraction of sp³-hybridized carbons (Fsp3) is 0.481. The number of aliphatic hydroxyl groups is 1. The molecule has 1 aromatic rings. The van der Waals surface area contributed by atoms with E-state index in [0.29, 0.717) is 12.3 Å². The number of methoxy groups -OCH3 is 1. The molecule has 1 aromatic carbocycles. The van der Waals surface area contributed by atoms with E-state index in [0.717, 1.165) is 27.9 Å². The standard InChI is InChI=1S/C27H37F3N2O2/c1-17(2)18(3)19(4)24-9-8-21(14-27(28,29)30)12-25(24)31-10-11-32(6)26-20(5)23(16-34-7)13-22(26)15-33/h8-13,20,22,26,31,33H,4,14-16H2,1-3,5-7H3/b11-10-. The van der Waals surface area contributed by atoms with Gasteiger partial charge in [0, 0.05) is 55.7 Å². The Hall–Kier alpha value is -2.51. The minimum Gasteiger partial charge on any atom is -0.396 e. The predicted octanol–water partition coefficient (Wildman–Crippen LogP) is 6.18. The second-order valence-corrected chi connectivity index (χ2v) is 9.20. The van der Waals surface area contributed by atoms with Crippen LogP contribution in [0.5, 0.6) is 0 Å². The van der Waals surface area contributed by atoms with Crippen molar-refractivity contribution in [2.24, 2.45) is 11.8 Å². The first-order valence-electron chi connectivity index (χ1n) is 11.4. The number of halogens is 3. The van der Waals surface area contributed by atoms with Crippen molar-refractivity contribution >= 4 is 11.3 Å². The number of hydrogen-bond donors (Lipinski definition) is 2. The number of benzene rings is 1. The molecule has 2 rings (SSSR count). The van der Waals surface area contributed by atoms with Gasteiger partial charge in [-0.1, -0.05) is 37.3 Å². The van der Waals surface area contributed by atoms with Crippen LogP contribution in [-0.2, 0) is 11.2 Å². The average molecular weight is 479 g/mol. The van der Waals surface area contributed by atoms with Crippen molar-refractivity contribution in [1.82, 2.24) is 4.90 Å². The van der Waals surface area contributed by atoms with Crippen molar-refractivity contribution in [2.45, 2.75) is 46.3 Å². The summed E-state index contributed by atoms with van der Waals surface area (Å²) >= 11 is 0. The molecule has 7 heteroatoms. The number of anilines is 1. The topological polar surface area (TPSA) is 44.7 Å². The van der Waals surface area contributed by atoms with Gasteiger partial charge < -0.3 is 20.1 Å². The molecule has 1 aliphatic rings. The molecule has 188 valence electrons. The van der Waals surface area contributed by atoms with E-state index in [-0.39, 0.29) is 30.0 Å². The second-order valence-electron chi connectivity index (χ2n) is 9.20. The summed E-state index contributed by atoms with van der Waals surface area (Å²) in [6.45, 7) is 12.7. The van der Waals surface area contributed by atoms with Crippen molar-refractivity contribution in [3.05, 3.63) is 71.1 Å². The Morgan fingerprint density at radius 2 is 1.94 bits per heavy atom. The van der Waals surface area contributed by atoms with E-state index in [1.54, 1.807) is 19.4 Å². The first kappa shape index (κ1) is 27.7. The van der Waals surface area contributed by atoms with Gasteiger partial charge in [0.15, 0.2) is 0 Å². The summed E-state index contributed by atoms with van der Waals surface area (Å²) in [7, 11) is 3.58. The number of ether oxygens (including phenoxy) is 1. The Labute approximate surface area is 201 Å². The number of allylic oxidation sites excluding steroid dienone is 3. The Balaban J connectivity index is 2.29. The van der Waals surface area contributed by atoms with Gasteiger partial charge in [0.2, 0.25) is 0 Å². The van der Waals surface area contributed by atoms with Crippen LogP contribution in [0.4, 0.5) is 18.9 Å². The molecule has 1 aliphatic carbocycles. The minimum absolute atomic E-state index is 0.0271. The number of nitrogens with zero attached hydrogens (tertiary/aromatic N) is 1. The molecule has 0 radical (unpaired) electrons. The Morgan fingerprint density at radius 3 is 2.50 bits per heavy atom. The fourth-order valence-electron chi connectivity index (χ4n) is 4.44. The molecular weight excluding hydrogens is 441 g/mol. The largest absolute Gasteiger partial charge is 0.396 e. The minimum atomic E-state index is -4.29. The van der Waals surface area contributed by atoms with Gasteiger partial charge in [-0.15, -0.1) is 0 Å². The lowest BCUT2D eigenvalue weighted by Crippen LogP contribution is -2.37. The van der Waals surface area contributed by atoms with Crippen molar-refractivity contribution in [3.8, 4) is 0 Å². The summed E-state index contributed by atoms with van der Waals surface area (Å²) in [6.07, 6.45) is 0.361. The quantitative estimate of drug-likeness (QED) is 0.312. The van der Waals surface area contributed by atoms with E-state index in [4.69, 9.17) is 4.74 Å². The number of nitrogens with one attached hydrogen (secondary N) is 1. The molecule has 34 heavy (non-hydrogen) atoms. The summed E-state index contributed by atoms with van der Waals surface area (Å²) in [5, 5.41) is 13.0. The van der Waals surface area contributed by atoms with Gasteiger partial charge in [-0.25, -0.2) is 0 Å². The third-order valence-corrected chi connectivity index (χ3v) is 6.52. The molecule has 0 saturated carbocycles. The van der Waals surface area contributed by atoms with Gasteiger partial charge >= 0.3 is 6.18 Å². The van der Waals surface area contributed by atoms with Crippen LogP contribution >= 0.6 is 0 Å². The molecule has 4 nitrogen and oxygen atoms in total. The highest BCUT2D eigenvalue weighted by Crippen LogP contribution is 2.35. The highest BCUT2D eigenvalue weighted by molar-refractivity contribution is 5.85. The van der Waals surface area contributed by atoms with E-state index in [1.807, 2.05) is 38.9 Å². The SMILES string of the molecule is C=C(C(C)=C(C)C)c1ccc(CC(F)(F)F)cc1N/C=C\N(C)C1C(CO)C=C(COC)C1C. The van der Waals surface area contributed by atoms with Crippen molar-refractivity contribution in [3.63, 3.8) is 0 Å². The average Bonchev–Trinajstić information content (AvgIpc) is 3.07. The summed E-state index contributed by atoms with van der Waals surface area (Å²) < 4.78 is 44.3. The number of alkyl halides is 3. The zero-order chi connectivity index (χ0) is 25.6. The number of hydrogen-bond acceptors (Lipinski definition) is 4. The molecule has 0 bridgehead atoms. The van der Waals surface area contributed by atoms with Crippen molar-refractivity contribution in [1.29, 1.82) is 0 Å². The number of aliphatic hydroxyl groups excluding tert-OH is 1. The molecule has 2 N–H and O–H groups in total. The van der Waals surface area contributed by atoms with E-state index >= 15 is 0 Å². The van der Waals surface area contributed by atoms with E-state index in [1.165, 1.54) is 12.1 Å². The fourth-order valence-corrected chi connectivity index (χ4v) is 4.44. The maximum Gasteiger partial charge on any atom is 0.393 e. The number of rotatable bonds is 10. The third-order valence-electron chi connectivity index (χ3n) is 6.52. The van der Waals surface area contributed by atoms with Gasteiger partial charge in [-0.2, -0.15) is 13.2 Å². The Morgan fingerprint density at radius 1 is 1.26 bits per heavy atom. The summed E-state index contributed by atoms with van der Waals surface area (Å²) in [5.74, 6) is 0.165. The molecule has 0 amide bonds. The predicted molar refractivity (Wildman–Crippen MR) is 133 cm³/mol. The molecule has 3 unspecified atom stereocenters. The molecule has 0 aromatic heterocycles. The molecule has 0 spiro atoms. The lowest BCUT2D eigenvalue weighted by Gasteiger charge is -2.32. The zero-order valence-electron chi connectivity index (χ0n) is 21.0. The van der Waals surface area contributed by atoms with Crippen molar-refractivity contribution < 1.29 is 23.0 Å². The maximum absolute atomic E-state index is 13.0. The summed E-state index contributed by atoms with van der Waals surface area (Å²) in [6, 6.07) is 4.77. The van der Waals surface area contributed by atoms with Crippen LogP contribution in [-0.4, -0.2) is 49.6 Å². The first-order chi connectivity index (χ1) is 15.9. The van der Waals surface area contributed by atoms with E-state index < -0.39 is 12.6 Å².